The number of benzene rings is 3. The van der Waals surface area contributed by atoms with Crippen molar-refractivity contribution in [2.24, 2.45) is 0 Å². The topological polar surface area (TPSA) is 29.5 Å². The molecule has 0 aliphatic heterocycles. The number of hydrogen-bond acceptors (Lipinski definition) is 3. The Labute approximate surface area is 191 Å². The van der Waals surface area contributed by atoms with E-state index in [0.717, 1.165) is 22.3 Å². The Morgan fingerprint density at radius 3 is 1.91 bits per heavy atom. The maximum Gasteiger partial charge on any atom is 0.308 e. The third-order valence-corrected chi connectivity index (χ3v) is 5.00. The lowest BCUT2D eigenvalue weighted by atomic mass is 10.1. The van der Waals surface area contributed by atoms with Crippen LogP contribution in [-0.2, 0) is 22.6 Å². The summed E-state index contributed by atoms with van der Waals surface area (Å²) in [4.78, 5) is 14.6. The number of terminal acetylenes is 1. The molecule has 1 atom stereocenters. The van der Waals surface area contributed by atoms with Gasteiger partial charge in [-0.2, -0.15) is 0 Å². The summed E-state index contributed by atoms with van der Waals surface area (Å²) >= 11 is 0. The first kappa shape index (κ1) is 22.9. The Hall–Kier alpha value is -3.79. The van der Waals surface area contributed by atoms with E-state index in [1.54, 1.807) is 0 Å². The van der Waals surface area contributed by atoms with Crippen molar-refractivity contribution in [3.8, 4) is 24.2 Å². The van der Waals surface area contributed by atoms with Crippen molar-refractivity contribution in [3.05, 3.63) is 107 Å². The third-order valence-electron chi connectivity index (χ3n) is 5.00. The third kappa shape index (κ3) is 7.17. The highest BCUT2D eigenvalue weighted by Crippen LogP contribution is 2.16. The van der Waals surface area contributed by atoms with Gasteiger partial charge in [0.1, 0.15) is 0 Å². The van der Waals surface area contributed by atoms with Crippen molar-refractivity contribution in [2.75, 3.05) is 6.61 Å². The Balaban J connectivity index is 1.92. The van der Waals surface area contributed by atoms with E-state index < -0.39 is 0 Å². The second-order valence-corrected chi connectivity index (χ2v) is 7.39. The van der Waals surface area contributed by atoms with Crippen molar-refractivity contribution in [1.29, 1.82) is 0 Å². The smallest absolute Gasteiger partial charge is 0.308 e. The standard InChI is InChI=1S/C29H27NO2/c1-3-24-15-17-25(18-16-24)19-20-28(21-29(31)32-4-2)30(22-26-11-7-5-8-12-26)23-27-13-9-6-10-14-27/h1,5-18,28H,4,21-23H2,2H3. The highest BCUT2D eigenvalue weighted by Gasteiger charge is 2.21. The first-order valence-corrected chi connectivity index (χ1v) is 10.7. The summed E-state index contributed by atoms with van der Waals surface area (Å²) in [5.74, 6) is 8.92. The van der Waals surface area contributed by atoms with Gasteiger partial charge in [-0.05, 0) is 42.3 Å². The largest absolute Gasteiger partial charge is 0.466 e. The van der Waals surface area contributed by atoms with Gasteiger partial charge in [-0.25, -0.2) is 0 Å². The predicted molar refractivity (Wildman–Crippen MR) is 128 cm³/mol. The number of ether oxygens (including phenoxy) is 1. The zero-order valence-electron chi connectivity index (χ0n) is 18.3. The van der Waals surface area contributed by atoms with Crippen LogP contribution in [0.3, 0.4) is 0 Å². The quantitative estimate of drug-likeness (QED) is 0.377. The molecule has 0 aliphatic rings. The van der Waals surface area contributed by atoms with Gasteiger partial charge in [0, 0.05) is 24.2 Å². The number of carbonyl (C=O) groups excluding carboxylic acids is 1. The van der Waals surface area contributed by atoms with Gasteiger partial charge in [-0.15, -0.1) is 6.42 Å². The van der Waals surface area contributed by atoms with Gasteiger partial charge in [-0.3, -0.25) is 9.69 Å². The van der Waals surface area contributed by atoms with Crippen LogP contribution in [0.1, 0.15) is 35.6 Å². The summed E-state index contributed by atoms with van der Waals surface area (Å²) in [6, 6.07) is 27.7. The summed E-state index contributed by atoms with van der Waals surface area (Å²) in [5.41, 5.74) is 4.00. The van der Waals surface area contributed by atoms with Gasteiger partial charge < -0.3 is 4.74 Å². The summed E-state index contributed by atoms with van der Waals surface area (Å²) < 4.78 is 5.25. The molecule has 0 saturated carbocycles. The Morgan fingerprint density at radius 1 is 0.875 bits per heavy atom. The monoisotopic (exact) mass is 421 g/mol. The first-order valence-electron chi connectivity index (χ1n) is 10.7. The Kier molecular flexibility index (Phi) is 8.70. The summed E-state index contributed by atoms with van der Waals surface area (Å²) in [7, 11) is 0. The molecule has 0 aliphatic carbocycles. The molecule has 3 nitrogen and oxygen atoms in total. The average Bonchev–Trinajstić information content (AvgIpc) is 2.83. The summed E-state index contributed by atoms with van der Waals surface area (Å²) in [6.45, 7) is 3.51. The van der Waals surface area contributed by atoms with E-state index in [2.05, 4.69) is 46.9 Å². The van der Waals surface area contributed by atoms with Crippen molar-refractivity contribution in [2.45, 2.75) is 32.5 Å². The van der Waals surface area contributed by atoms with Crippen LogP contribution in [0, 0.1) is 24.2 Å². The van der Waals surface area contributed by atoms with Crippen molar-refractivity contribution in [3.63, 3.8) is 0 Å². The molecule has 32 heavy (non-hydrogen) atoms. The maximum atomic E-state index is 12.4. The SMILES string of the molecule is C#Cc1ccc(C#CC(CC(=O)OCC)N(Cc2ccccc2)Cc2ccccc2)cc1. The Morgan fingerprint density at radius 2 is 1.41 bits per heavy atom. The molecule has 0 amide bonds. The minimum absolute atomic E-state index is 0.197. The Bertz CT molecular complexity index is 1050. The van der Waals surface area contributed by atoms with Crippen LogP contribution < -0.4 is 0 Å². The minimum atomic E-state index is -0.304. The van der Waals surface area contributed by atoms with Crippen LogP contribution in [0.5, 0.6) is 0 Å². The first-order chi connectivity index (χ1) is 15.7. The summed E-state index contributed by atoms with van der Waals surface area (Å²) in [5, 5.41) is 0. The molecule has 0 spiro atoms. The van der Waals surface area contributed by atoms with Crippen LogP contribution in [-0.4, -0.2) is 23.5 Å². The van der Waals surface area contributed by atoms with Crippen LogP contribution in [0.15, 0.2) is 84.9 Å². The lowest BCUT2D eigenvalue weighted by Gasteiger charge is -2.28. The summed E-state index contributed by atoms with van der Waals surface area (Å²) in [6.07, 6.45) is 5.64. The van der Waals surface area contributed by atoms with Gasteiger partial charge >= 0.3 is 5.97 Å². The lowest BCUT2D eigenvalue weighted by molar-refractivity contribution is -0.144. The van der Waals surface area contributed by atoms with E-state index in [-0.39, 0.29) is 18.4 Å². The second kappa shape index (κ2) is 12.2. The van der Waals surface area contributed by atoms with Crippen LogP contribution in [0.4, 0.5) is 0 Å². The molecule has 0 radical (unpaired) electrons. The second-order valence-electron chi connectivity index (χ2n) is 7.39. The highest BCUT2D eigenvalue weighted by atomic mass is 16.5. The molecule has 0 saturated heterocycles. The molecule has 0 aromatic heterocycles. The van der Waals surface area contributed by atoms with Crippen LogP contribution in [0.25, 0.3) is 0 Å². The van der Waals surface area contributed by atoms with Gasteiger partial charge in [0.05, 0.1) is 19.1 Å². The average molecular weight is 422 g/mol. The van der Waals surface area contributed by atoms with E-state index in [4.69, 9.17) is 11.2 Å². The fourth-order valence-electron chi connectivity index (χ4n) is 3.38. The highest BCUT2D eigenvalue weighted by molar-refractivity contribution is 5.70. The number of nitrogens with zero attached hydrogens (tertiary/aromatic N) is 1. The predicted octanol–water partition coefficient (Wildman–Crippen LogP) is 5.04. The molecule has 3 rings (SSSR count). The lowest BCUT2D eigenvalue weighted by Crippen LogP contribution is -2.35. The van der Waals surface area contributed by atoms with E-state index >= 15 is 0 Å². The normalized spacial score (nSPS) is 11.2. The molecule has 3 aromatic carbocycles. The van der Waals surface area contributed by atoms with Gasteiger partial charge in [0.2, 0.25) is 0 Å². The van der Waals surface area contributed by atoms with Crippen molar-refractivity contribution in [1.82, 2.24) is 4.90 Å². The van der Waals surface area contributed by atoms with Gasteiger partial charge in [-0.1, -0.05) is 78.4 Å². The molecule has 0 heterocycles. The number of rotatable bonds is 8. The molecule has 3 aromatic rings. The number of carbonyl (C=O) groups is 1. The van der Waals surface area contributed by atoms with E-state index in [0.29, 0.717) is 19.7 Å². The molecule has 1 unspecified atom stereocenters. The molecule has 160 valence electrons. The molecule has 0 fully saturated rings. The van der Waals surface area contributed by atoms with Gasteiger partial charge in [0.15, 0.2) is 0 Å². The molecular weight excluding hydrogens is 394 g/mol. The number of esters is 1. The number of hydrogen-bond donors (Lipinski definition) is 0. The molecule has 0 bridgehead atoms. The molecule has 0 N–H and O–H groups in total. The molecular formula is C29H27NO2. The van der Waals surface area contributed by atoms with Crippen LogP contribution >= 0.6 is 0 Å². The molecule has 3 heteroatoms. The van der Waals surface area contributed by atoms with E-state index in [1.807, 2.05) is 67.6 Å². The van der Waals surface area contributed by atoms with Crippen molar-refractivity contribution >= 4 is 5.97 Å². The minimum Gasteiger partial charge on any atom is -0.466 e. The van der Waals surface area contributed by atoms with Gasteiger partial charge in [0.25, 0.3) is 0 Å². The van der Waals surface area contributed by atoms with E-state index in [1.165, 1.54) is 0 Å². The maximum absolute atomic E-state index is 12.4. The zero-order valence-corrected chi connectivity index (χ0v) is 18.3. The fraction of sp³-hybridized carbons (Fsp3) is 0.207. The fourth-order valence-corrected chi connectivity index (χ4v) is 3.38. The van der Waals surface area contributed by atoms with Crippen LogP contribution in [0.2, 0.25) is 0 Å². The zero-order chi connectivity index (χ0) is 22.6. The van der Waals surface area contributed by atoms with E-state index in [9.17, 15) is 4.79 Å². The van der Waals surface area contributed by atoms with Crippen molar-refractivity contribution < 1.29 is 9.53 Å².